The third-order valence-electron chi connectivity index (χ3n) is 5.90. The molecule has 162 valence electrons. The van der Waals surface area contributed by atoms with Crippen LogP contribution in [0.25, 0.3) is 5.65 Å². The monoisotopic (exact) mass is 420 g/mol. The van der Waals surface area contributed by atoms with Crippen LogP contribution in [0.2, 0.25) is 0 Å². The number of piperazine rings is 1. The van der Waals surface area contributed by atoms with Crippen LogP contribution in [-0.4, -0.2) is 65.2 Å². The van der Waals surface area contributed by atoms with E-state index in [4.69, 9.17) is 14.5 Å². The van der Waals surface area contributed by atoms with E-state index in [9.17, 15) is 0 Å². The summed E-state index contributed by atoms with van der Waals surface area (Å²) in [6.45, 7) is 7.84. The van der Waals surface area contributed by atoms with Gasteiger partial charge in [-0.1, -0.05) is 12.1 Å². The molecule has 8 heteroatoms. The highest BCUT2D eigenvalue weighted by Gasteiger charge is 2.21. The number of guanidine groups is 1. The van der Waals surface area contributed by atoms with E-state index in [0.717, 1.165) is 61.5 Å². The lowest BCUT2D eigenvalue weighted by Gasteiger charge is -2.36. The molecule has 2 aliphatic heterocycles. The zero-order chi connectivity index (χ0) is 21.2. The number of aryl methyl sites for hydroxylation is 1. The predicted octanol–water partition coefficient (Wildman–Crippen LogP) is 2.26. The summed E-state index contributed by atoms with van der Waals surface area (Å²) in [6, 6.07) is 12.4. The van der Waals surface area contributed by atoms with Gasteiger partial charge in [0.25, 0.3) is 0 Å². The lowest BCUT2D eigenvalue weighted by atomic mass is 10.1. The summed E-state index contributed by atoms with van der Waals surface area (Å²) in [5, 5.41) is 3.48. The second kappa shape index (κ2) is 8.47. The molecule has 1 fully saturated rings. The molecule has 1 saturated heterocycles. The molecule has 0 radical (unpaired) electrons. The van der Waals surface area contributed by atoms with E-state index in [-0.39, 0.29) is 0 Å². The van der Waals surface area contributed by atoms with Gasteiger partial charge in [-0.2, -0.15) is 0 Å². The van der Waals surface area contributed by atoms with Crippen molar-refractivity contribution in [2.75, 3.05) is 40.0 Å². The Balaban J connectivity index is 1.15. The van der Waals surface area contributed by atoms with Crippen molar-refractivity contribution < 1.29 is 9.47 Å². The van der Waals surface area contributed by atoms with Crippen molar-refractivity contribution in [3.63, 3.8) is 0 Å². The van der Waals surface area contributed by atoms with Crippen LogP contribution < -0.4 is 14.8 Å². The number of aromatic nitrogens is 2. The van der Waals surface area contributed by atoms with Gasteiger partial charge in [-0.05, 0) is 36.8 Å². The number of imidazole rings is 1. The van der Waals surface area contributed by atoms with Gasteiger partial charge in [-0.3, -0.25) is 9.89 Å². The number of fused-ring (bicyclic) bond motifs is 2. The van der Waals surface area contributed by atoms with Crippen LogP contribution in [0.3, 0.4) is 0 Å². The lowest BCUT2D eigenvalue weighted by Crippen LogP contribution is -2.52. The molecule has 0 atom stereocenters. The van der Waals surface area contributed by atoms with Crippen LogP contribution in [-0.2, 0) is 13.1 Å². The zero-order valence-electron chi connectivity index (χ0n) is 18.0. The first-order valence-corrected chi connectivity index (χ1v) is 10.7. The van der Waals surface area contributed by atoms with Gasteiger partial charge in [0.15, 0.2) is 17.5 Å². The molecule has 1 aromatic carbocycles. The molecule has 4 heterocycles. The van der Waals surface area contributed by atoms with Crippen LogP contribution in [0.15, 0.2) is 47.6 Å². The third kappa shape index (κ3) is 4.16. The average Bonchev–Trinajstić information content (AvgIpc) is 3.42. The molecule has 2 aromatic heterocycles. The first-order valence-electron chi connectivity index (χ1n) is 10.7. The minimum atomic E-state index is 0.318. The minimum absolute atomic E-state index is 0.318. The second-order valence-corrected chi connectivity index (χ2v) is 7.98. The minimum Gasteiger partial charge on any atom is -0.454 e. The quantitative estimate of drug-likeness (QED) is 0.516. The van der Waals surface area contributed by atoms with E-state index in [1.54, 1.807) is 0 Å². The van der Waals surface area contributed by atoms with E-state index < -0.39 is 0 Å². The molecule has 0 unspecified atom stereocenters. The van der Waals surface area contributed by atoms with Crippen LogP contribution in [0.5, 0.6) is 11.5 Å². The van der Waals surface area contributed by atoms with Gasteiger partial charge < -0.3 is 24.1 Å². The van der Waals surface area contributed by atoms with Crippen molar-refractivity contribution in [2.24, 2.45) is 4.99 Å². The number of pyridine rings is 1. The van der Waals surface area contributed by atoms with Gasteiger partial charge in [0.1, 0.15) is 5.65 Å². The van der Waals surface area contributed by atoms with Gasteiger partial charge in [-0.25, -0.2) is 4.98 Å². The highest BCUT2D eigenvalue weighted by Crippen LogP contribution is 2.32. The maximum absolute atomic E-state index is 5.50. The van der Waals surface area contributed by atoms with Gasteiger partial charge in [0.2, 0.25) is 6.79 Å². The Morgan fingerprint density at radius 1 is 1.10 bits per heavy atom. The summed E-state index contributed by atoms with van der Waals surface area (Å²) in [6.07, 6.45) is 2.09. The first kappa shape index (κ1) is 19.7. The van der Waals surface area contributed by atoms with Crippen molar-refractivity contribution in [3.05, 3.63) is 59.5 Å². The van der Waals surface area contributed by atoms with Crippen molar-refractivity contribution in [1.82, 2.24) is 24.5 Å². The van der Waals surface area contributed by atoms with E-state index in [2.05, 4.69) is 55.8 Å². The van der Waals surface area contributed by atoms with Crippen molar-refractivity contribution in [2.45, 2.75) is 20.0 Å². The van der Waals surface area contributed by atoms with Crippen LogP contribution >= 0.6 is 0 Å². The standard InChI is InChI=1S/C23H28N6O2/c1-17-4-3-5-22-26-19(15-29(17)22)13-25-23(24-2)28-10-8-27(9-11-28)14-18-6-7-20-21(12-18)31-16-30-20/h3-7,12,15H,8-11,13-14,16H2,1-2H3,(H,24,25). The number of nitrogens with one attached hydrogen (secondary N) is 1. The number of hydrogen-bond donors (Lipinski definition) is 1. The number of nitrogens with zero attached hydrogens (tertiary/aromatic N) is 5. The molecule has 3 aromatic rings. The van der Waals surface area contributed by atoms with E-state index in [1.807, 2.05) is 25.2 Å². The fourth-order valence-corrected chi connectivity index (χ4v) is 4.20. The molecule has 0 amide bonds. The summed E-state index contributed by atoms with van der Waals surface area (Å²) < 4.78 is 13.0. The summed E-state index contributed by atoms with van der Waals surface area (Å²) in [5.41, 5.74) is 4.42. The fraction of sp³-hybridized carbons (Fsp3) is 0.391. The summed E-state index contributed by atoms with van der Waals surface area (Å²) in [5.74, 6) is 2.61. The normalized spacial score (nSPS) is 16.8. The predicted molar refractivity (Wildman–Crippen MR) is 120 cm³/mol. The maximum Gasteiger partial charge on any atom is 0.231 e. The van der Waals surface area contributed by atoms with Gasteiger partial charge in [-0.15, -0.1) is 0 Å². The van der Waals surface area contributed by atoms with Crippen molar-refractivity contribution in [3.8, 4) is 11.5 Å². The van der Waals surface area contributed by atoms with Crippen LogP contribution in [0, 0.1) is 6.92 Å². The van der Waals surface area contributed by atoms with Crippen molar-refractivity contribution in [1.29, 1.82) is 0 Å². The SMILES string of the molecule is CN=C(NCc1cn2c(C)cccc2n1)N1CCN(Cc2ccc3c(c2)OCO3)CC1. The highest BCUT2D eigenvalue weighted by atomic mass is 16.7. The molecule has 1 N–H and O–H groups in total. The molecule has 2 aliphatic rings. The summed E-state index contributed by atoms with van der Waals surface area (Å²) in [4.78, 5) is 14.0. The molecule has 0 saturated carbocycles. The number of benzene rings is 1. The van der Waals surface area contributed by atoms with Gasteiger partial charge >= 0.3 is 0 Å². The second-order valence-electron chi connectivity index (χ2n) is 7.98. The van der Waals surface area contributed by atoms with Gasteiger partial charge in [0.05, 0.1) is 12.2 Å². The molecule has 0 bridgehead atoms. The Bertz CT molecular complexity index is 1100. The Kier molecular flexibility index (Phi) is 5.38. The average molecular weight is 421 g/mol. The Morgan fingerprint density at radius 3 is 2.74 bits per heavy atom. The topological polar surface area (TPSA) is 66.6 Å². The van der Waals surface area contributed by atoms with Crippen LogP contribution in [0.4, 0.5) is 0 Å². The van der Waals surface area contributed by atoms with E-state index in [0.29, 0.717) is 13.3 Å². The molecule has 0 aliphatic carbocycles. The zero-order valence-corrected chi connectivity index (χ0v) is 18.0. The van der Waals surface area contributed by atoms with Crippen LogP contribution in [0.1, 0.15) is 17.0 Å². The van der Waals surface area contributed by atoms with Crippen molar-refractivity contribution >= 4 is 11.6 Å². The summed E-state index contributed by atoms with van der Waals surface area (Å²) in [7, 11) is 1.84. The van der Waals surface area contributed by atoms with E-state index in [1.165, 1.54) is 11.3 Å². The summed E-state index contributed by atoms with van der Waals surface area (Å²) >= 11 is 0. The Morgan fingerprint density at radius 2 is 1.94 bits per heavy atom. The fourth-order valence-electron chi connectivity index (χ4n) is 4.20. The Labute approximate surface area is 182 Å². The number of rotatable bonds is 4. The lowest BCUT2D eigenvalue weighted by molar-refractivity contribution is 0.171. The molecular weight excluding hydrogens is 392 g/mol. The molecular formula is C23H28N6O2. The first-order chi connectivity index (χ1) is 15.2. The maximum atomic E-state index is 5.50. The number of hydrogen-bond acceptors (Lipinski definition) is 5. The number of ether oxygens (including phenoxy) is 2. The molecule has 31 heavy (non-hydrogen) atoms. The number of aliphatic imine (C=N–C) groups is 1. The Hall–Kier alpha value is -3.26. The largest absolute Gasteiger partial charge is 0.454 e. The smallest absolute Gasteiger partial charge is 0.231 e. The highest BCUT2D eigenvalue weighted by molar-refractivity contribution is 5.80. The third-order valence-corrected chi connectivity index (χ3v) is 5.90. The van der Waals surface area contributed by atoms with Gasteiger partial charge in [0, 0.05) is 51.7 Å². The molecule has 8 nitrogen and oxygen atoms in total. The van der Waals surface area contributed by atoms with E-state index >= 15 is 0 Å². The molecule has 5 rings (SSSR count). The molecule has 0 spiro atoms.